The molecular formula is C31H34N2O3. The van der Waals surface area contributed by atoms with E-state index in [0.717, 1.165) is 61.9 Å². The predicted molar refractivity (Wildman–Crippen MR) is 145 cm³/mol. The second-order valence-electron chi connectivity index (χ2n) is 11.1. The van der Waals surface area contributed by atoms with Crippen molar-refractivity contribution in [3.8, 4) is 16.9 Å². The smallest absolute Gasteiger partial charge is 0.163 e. The number of pyridine rings is 2. The minimum absolute atomic E-state index is 0.0283. The van der Waals surface area contributed by atoms with Crippen LogP contribution < -0.4 is 4.74 Å². The largest absolute Gasteiger partial charge is 0.493 e. The van der Waals surface area contributed by atoms with Gasteiger partial charge in [0.2, 0.25) is 0 Å². The quantitative estimate of drug-likeness (QED) is 0.299. The molecule has 1 aliphatic heterocycles. The molecule has 0 N–H and O–H groups in total. The van der Waals surface area contributed by atoms with Gasteiger partial charge in [0.1, 0.15) is 11.9 Å². The molecule has 2 aromatic carbocycles. The van der Waals surface area contributed by atoms with Crippen LogP contribution >= 0.6 is 0 Å². The molecule has 0 bridgehead atoms. The lowest BCUT2D eigenvalue weighted by Gasteiger charge is -2.30. The number of ether oxygens (including phenoxy) is 2. The Labute approximate surface area is 212 Å². The maximum atomic E-state index is 13.1. The molecule has 3 heterocycles. The Balaban J connectivity index is 1.91. The van der Waals surface area contributed by atoms with E-state index in [4.69, 9.17) is 19.4 Å². The Kier molecular flexibility index (Phi) is 6.08. The van der Waals surface area contributed by atoms with Crippen LogP contribution in [0.3, 0.4) is 0 Å². The molecule has 4 aromatic rings. The summed E-state index contributed by atoms with van der Waals surface area (Å²) in [7, 11) is 0. The van der Waals surface area contributed by atoms with Crippen molar-refractivity contribution in [3.63, 3.8) is 0 Å². The molecule has 5 nitrogen and oxygen atoms in total. The lowest BCUT2D eigenvalue weighted by molar-refractivity contribution is -0.138. The average molecular weight is 483 g/mol. The summed E-state index contributed by atoms with van der Waals surface area (Å²) in [5, 5.41) is 2.03. The number of benzene rings is 2. The van der Waals surface area contributed by atoms with E-state index in [1.165, 1.54) is 5.56 Å². The Bertz CT molecular complexity index is 1490. The normalized spacial score (nSPS) is 14.3. The van der Waals surface area contributed by atoms with Crippen molar-refractivity contribution in [2.75, 3.05) is 6.61 Å². The van der Waals surface area contributed by atoms with E-state index in [1.807, 2.05) is 40.0 Å². The number of aromatic nitrogens is 2. The molecule has 0 saturated carbocycles. The molecule has 0 amide bonds. The van der Waals surface area contributed by atoms with Gasteiger partial charge in [-0.15, -0.1) is 0 Å². The molecule has 2 aromatic heterocycles. The zero-order chi connectivity index (χ0) is 25.8. The van der Waals surface area contributed by atoms with Crippen molar-refractivity contribution in [2.45, 2.75) is 72.5 Å². The summed E-state index contributed by atoms with van der Waals surface area (Å²) in [5.41, 5.74) is 7.34. The molecule has 0 radical (unpaired) electrons. The van der Waals surface area contributed by atoms with Crippen LogP contribution in [-0.2, 0) is 16.0 Å². The van der Waals surface area contributed by atoms with Gasteiger partial charge in [0.25, 0.3) is 0 Å². The van der Waals surface area contributed by atoms with Gasteiger partial charge in [-0.25, -0.2) is 0 Å². The van der Waals surface area contributed by atoms with Crippen molar-refractivity contribution in [1.29, 1.82) is 0 Å². The van der Waals surface area contributed by atoms with Gasteiger partial charge in [0.05, 0.1) is 23.2 Å². The minimum Gasteiger partial charge on any atom is -0.493 e. The summed E-state index contributed by atoms with van der Waals surface area (Å²) in [6.45, 7) is 14.6. The Morgan fingerprint density at radius 1 is 1.11 bits per heavy atom. The molecule has 1 aliphatic rings. The van der Waals surface area contributed by atoms with Crippen LogP contribution in [-0.4, -0.2) is 28.0 Å². The monoisotopic (exact) mass is 482 g/mol. The van der Waals surface area contributed by atoms with Gasteiger partial charge in [0.15, 0.2) is 5.78 Å². The van der Waals surface area contributed by atoms with Crippen molar-refractivity contribution >= 4 is 27.6 Å². The standard InChI is InChI=1S/C31H34N2O3/c1-17(2)23-10-8-21-24(33-23)16-18(3)26(30(19(4)34)36-31(5,6)7)28(21)22-9-11-25-27-20(13-15-35-25)12-14-32-29(22)27/h8-12,14,16-17,30H,13,15H2,1-7H3/t30-/m1/s1. The average Bonchev–Trinajstić information content (AvgIpc) is 2.81. The summed E-state index contributed by atoms with van der Waals surface area (Å²) in [6, 6.07) is 12.5. The van der Waals surface area contributed by atoms with Gasteiger partial charge in [-0.3, -0.25) is 14.8 Å². The SMILES string of the molecule is CC(=O)[C@@H](OC(C)(C)C)c1c(C)cc2nc(C(C)C)ccc2c1-c1ccc2c3c(ccnc13)CCO2. The molecule has 5 rings (SSSR count). The van der Waals surface area contributed by atoms with Crippen molar-refractivity contribution < 1.29 is 14.3 Å². The second kappa shape index (κ2) is 8.97. The predicted octanol–water partition coefficient (Wildman–Crippen LogP) is 7.26. The third-order valence-electron chi connectivity index (χ3n) is 6.80. The highest BCUT2D eigenvalue weighted by atomic mass is 16.5. The van der Waals surface area contributed by atoms with Crippen LogP contribution in [0.5, 0.6) is 5.75 Å². The highest BCUT2D eigenvalue weighted by molar-refractivity contribution is 6.08. The first kappa shape index (κ1) is 24.4. The van der Waals surface area contributed by atoms with Gasteiger partial charge >= 0.3 is 0 Å². The topological polar surface area (TPSA) is 61.3 Å². The molecule has 0 saturated heterocycles. The van der Waals surface area contributed by atoms with E-state index in [2.05, 4.69) is 44.2 Å². The molecule has 0 aliphatic carbocycles. The number of hydrogen-bond acceptors (Lipinski definition) is 5. The Morgan fingerprint density at radius 3 is 2.58 bits per heavy atom. The number of carbonyl (C=O) groups is 1. The highest BCUT2D eigenvalue weighted by Crippen LogP contribution is 2.45. The van der Waals surface area contributed by atoms with Crippen LogP contribution in [0.25, 0.3) is 32.9 Å². The van der Waals surface area contributed by atoms with Crippen LogP contribution in [0.2, 0.25) is 0 Å². The highest BCUT2D eigenvalue weighted by Gasteiger charge is 2.31. The van der Waals surface area contributed by atoms with E-state index >= 15 is 0 Å². The number of carbonyl (C=O) groups excluding carboxylic acids is 1. The zero-order valence-electron chi connectivity index (χ0n) is 22.2. The molecule has 186 valence electrons. The summed E-state index contributed by atoms with van der Waals surface area (Å²) in [4.78, 5) is 22.9. The summed E-state index contributed by atoms with van der Waals surface area (Å²) >= 11 is 0. The lowest BCUT2D eigenvalue weighted by atomic mass is 9.85. The number of ketones is 1. The van der Waals surface area contributed by atoms with Gasteiger partial charge in [0, 0.05) is 34.6 Å². The number of rotatable bonds is 5. The van der Waals surface area contributed by atoms with Gasteiger partial charge in [-0.1, -0.05) is 19.9 Å². The van der Waals surface area contributed by atoms with Crippen LogP contribution in [0.15, 0.2) is 42.6 Å². The van der Waals surface area contributed by atoms with E-state index in [-0.39, 0.29) is 5.78 Å². The van der Waals surface area contributed by atoms with E-state index < -0.39 is 11.7 Å². The fraction of sp³-hybridized carbons (Fsp3) is 0.387. The fourth-order valence-electron chi connectivity index (χ4n) is 5.19. The number of aryl methyl sites for hydroxylation is 1. The Hall–Kier alpha value is -3.31. The van der Waals surface area contributed by atoms with E-state index in [1.54, 1.807) is 6.92 Å². The fourth-order valence-corrected chi connectivity index (χ4v) is 5.19. The van der Waals surface area contributed by atoms with Crippen molar-refractivity contribution in [1.82, 2.24) is 9.97 Å². The van der Waals surface area contributed by atoms with Gasteiger partial charge in [-0.05, 0) is 93.1 Å². The van der Waals surface area contributed by atoms with Crippen molar-refractivity contribution in [2.24, 2.45) is 0 Å². The molecule has 0 unspecified atom stereocenters. The number of hydrogen-bond donors (Lipinski definition) is 0. The molecule has 5 heteroatoms. The van der Waals surface area contributed by atoms with Crippen LogP contribution in [0.4, 0.5) is 0 Å². The Morgan fingerprint density at radius 2 is 1.89 bits per heavy atom. The number of nitrogens with zero attached hydrogens (tertiary/aromatic N) is 2. The molecule has 1 atom stereocenters. The van der Waals surface area contributed by atoms with E-state index in [9.17, 15) is 4.79 Å². The summed E-state index contributed by atoms with van der Waals surface area (Å²) in [6.07, 6.45) is 2.01. The zero-order valence-corrected chi connectivity index (χ0v) is 22.2. The summed E-state index contributed by atoms with van der Waals surface area (Å²) in [5.74, 6) is 1.14. The first-order valence-corrected chi connectivity index (χ1v) is 12.7. The second-order valence-corrected chi connectivity index (χ2v) is 11.1. The van der Waals surface area contributed by atoms with Crippen LogP contribution in [0, 0.1) is 6.92 Å². The molecule has 0 spiro atoms. The third-order valence-corrected chi connectivity index (χ3v) is 6.80. The third kappa shape index (κ3) is 4.26. The lowest BCUT2D eigenvalue weighted by Crippen LogP contribution is -2.27. The molecule has 36 heavy (non-hydrogen) atoms. The maximum Gasteiger partial charge on any atom is 0.163 e. The number of fused-ring (bicyclic) bond motifs is 1. The van der Waals surface area contributed by atoms with Gasteiger partial charge < -0.3 is 9.47 Å². The van der Waals surface area contributed by atoms with Crippen LogP contribution in [0.1, 0.15) is 75.9 Å². The minimum atomic E-state index is -0.712. The maximum absolute atomic E-state index is 13.1. The van der Waals surface area contributed by atoms with E-state index in [0.29, 0.717) is 12.5 Å². The van der Waals surface area contributed by atoms with Gasteiger partial charge in [-0.2, -0.15) is 0 Å². The van der Waals surface area contributed by atoms with Crippen molar-refractivity contribution in [3.05, 3.63) is 65.0 Å². The summed E-state index contributed by atoms with van der Waals surface area (Å²) < 4.78 is 12.4. The molecule has 0 fully saturated rings. The first-order valence-electron chi connectivity index (χ1n) is 12.7. The number of Topliss-reactive ketones (excluding diaryl/α,β-unsaturated/α-hetero) is 1. The molecular weight excluding hydrogens is 448 g/mol. The first-order chi connectivity index (χ1) is 17.0.